The minimum Gasteiger partial charge on any atom is -0.508 e. The number of amides is 1. The first-order chi connectivity index (χ1) is 13.6. The second-order valence-electron chi connectivity index (χ2n) is 7.41. The molecular weight excluding hydrogens is 379 g/mol. The zero-order valence-electron chi connectivity index (χ0n) is 17.2. The van der Waals surface area contributed by atoms with Crippen molar-refractivity contribution in [3.8, 4) is 22.9 Å². The SMILES string of the molecule is CC[C@H](CNc1nc(-c2cc(O)ccc2OC)ncc1F)NC(=O)OC(C)(C)C. The Labute approximate surface area is 169 Å². The van der Waals surface area contributed by atoms with Crippen molar-refractivity contribution in [2.45, 2.75) is 45.8 Å². The fourth-order valence-electron chi connectivity index (χ4n) is 2.48. The number of alkyl carbamates (subject to hydrolysis) is 1. The Hall–Kier alpha value is -3.10. The van der Waals surface area contributed by atoms with Crippen LogP contribution in [0.1, 0.15) is 34.1 Å². The summed E-state index contributed by atoms with van der Waals surface area (Å²) in [7, 11) is 1.48. The van der Waals surface area contributed by atoms with Crippen LogP contribution in [0.15, 0.2) is 24.4 Å². The fraction of sp³-hybridized carbons (Fsp3) is 0.450. The summed E-state index contributed by atoms with van der Waals surface area (Å²) in [5, 5.41) is 15.4. The molecule has 3 N–H and O–H groups in total. The monoisotopic (exact) mass is 406 g/mol. The molecule has 1 aromatic heterocycles. The number of nitrogens with one attached hydrogen (secondary N) is 2. The van der Waals surface area contributed by atoms with E-state index in [1.54, 1.807) is 26.8 Å². The first-order valence-electron chi connectivity index (χ1n) is 9.26. The number of nitrogens with zero attached hydrogens (tertiary/aromatic N) is 2. The van der Waals surface area contributed by atoms with Gasteiger partial charge < -0.3 is 25.2 Å². The molecule has 0 unspecified atom stereocenters. The second-order valence-corrected chi connectivity index (χ2v) is 7.41. The molecule has 0 spiro atoms. The number of ether oxygens (including phenoxy) is 2. The Balaban J connectivity index is 2.14. The summed E-state index contributed by atoms with van der Waals surface area (Å²) >= 11 is 0. The smallest absolute Gasteiger partial charge is 0.407 e. The second kappa shape index (κ2) is 9.40. The number of anilines is 1. The van der Waals surface area contributed by atoms with Crippen molar-refractivity contribution in [2.75, 3.05) is 19.0 Å². The van der Waals surface area contributed by atoms with Crippen molar-refractivity contribution in [3.63, 3.8) is 0 Å². The van der Waals surface area contributed by atoms with Gasteiger partial charge in [0.1, 0.15) is 17.1 Å². The molecule has 0 aliphatic carbocycles. The number of hydrogen-bond acceptors (Lipinski definition) is 7. The molecule has 0 radical (unpaired) electrons. The molecule has 1 aromatic carbocycles. The molecule has 8 nitrogen and oxygen atoms in total. The number of halogens is 1. The molecule has 29 heavy (non-hydrogen) atoms. The van der Waals surface area contributed by atoms with Crippen molar-refractivity contribution < 1.29 is 23.8 Å². The number of benzene rings is 1. The van der Waals surface area contributed by atoms with Crippen LogP contribution < -0.4 is 15.4 Å². The van der Waals surface area contributed by atoms with E-state index in [2.05, 4.69) is 20.6 Å². The Bertz CT molecular complexity index is 855. The molecule has 0 saturated carbocycles. The van der Waals surface area contributed by atoms with Gasteiger partial charge in [-0.25, -0.2) is 19.2 Å². The van der Waals surface area contributed by atoms with E-state index in [4.69, 9.17) is 9.47 Å². The summed E-state index contributed by atoms with van der Waals surface area (Å²) in [4.78, 5) is 20.1. The quantitative estimate of drug-likeness (QED) is 0.644. The summed E-state index contributed by atoms with van der Waals surface area (Å²) in [6.07, 6.45) is 1.10. The molecule has 1 atom stereocenters. The highest BCUT2D eigenvalue weighted by molar-refractivity contribution is 5.68. The third-order valence-electron chi connectivity index (χ3n) is 3.90. The van der Waals surface area contributed by atoms with Crippen LogP contribution in [-0.4, -0.2) is 46.5 Å². The number of aromatic hydroxyl groups is 1. The lowest BCUT2D eigenvalue weighted by atomic mass is 10.1. The van der Waals surface area contributed by atoms with E-state index in [0.29, 0.717) is 17.7 Å². The molecule has 158 valence electrons. The van der Waals surface area contributed by atoms with Crippen LogP contribution in [0.4, 0.5) is 15.0 Å². The minimum atomic E-state index is -0.639. The zero-order valence-corrected chi connectivity index (χ0v) is 17.2. The van der Waals surface area contributed by atoms with Gasteiger partial charge in [0.15, 0.2) is 17.5 Å². The van der Waals surface area contributed by atoms with Gasteiger partial charge in [-0.15, -0.1) is 0 Å². The highest BCUT2D eigenvalue weighted by Gasteiger charge is 2.19. The predicted molar refractivity (Wildman–Crippen MR) is 108 cm³/mol. The number of phenolic OH excluding ortho intramolecular Hbond substituents is 1. The maximum absolute atomic E-state index is 14.2. The summed E-state index contributed by atoms with van der Waals surface area (Å²) in [5.74, 6) is -0.0196. The van der Waals surface area contributed by atoms with E-state index in [9.17, 15) is 14.3 Å². The van der Waals surface area contributed by atoms with E-state index in [1.807, 2.05) is 6.92 Å². The van der Waals surface area contributed by atoms with Gasteiger partial charge in [0.25, 0.3) is 0 Å². The van der Waals surface area contributed by atoms with Gasteiger partial charge in [-0.3, -0.25) is 0 Å². The topological polar surface area (TPSA) is 106 Å². The summed E-state index contributed by atoms with van der Waals surface area (Å²) in [6, 6.07) is 4.19. The Kier molecular flexibility index (Phi) is 7.19. The average molecular weight is 406 g/mol. The molecule has 0 fully saturated rings. The molecule has 1 heterocycles. The van der Waals surface area contributed by atoms with Crippen molar-refractivity contribution >= 4 is 11.9 Å². The van der Waals surface area contributed by atoms with Gasteiger partial charge in [-0.1, -0.05) is 6.92 Å². The zero-order chi connectivity index (χ0) is 21.6. The highest BCUT2D eigenvalue weighted by Crippen LogP contribution is 2.31. The number of methoxy groups -OCH3 is 1. The fourth-order valence-corrected chi connectivity index (χ4v) is 2.48. The summed E-state index contributed by atoms with van der Waals surface area (Å²) in [5.41, 5.74) is -0.182. The van der Waals surface area contributed by atoms with Crippen LogP contribution in [0, 0.1) is 5.82 Å². The third kappa shape index (κ3) is 6.48. The lowest BCUT2D eigenvalue weighted by Gasteiger charge is -2.23. The first-order valence-corrected chi connectivity index (χ1v) is 9.26. The van der Waals surface area contributed by atoms with Gasteiger partial charge in [-0.05, 0) is 45.4 Å². The van der Waals surface area contributed by atoms with Gasteiger partial charge in [-0.2, -0.15) is 0 Å². The van der Waals surface area contributed by atoms with Gasteiger partial charge >= 0.3 is 6.09 Å². The number of carbonyl (C=O) groups is 1. The Morgan fingerprint density at radius 2 is 2.07 bits per heavy atom. The van der Waals surface area contributed by atoms with Gasteiger partial charge in [0.2, 0.25) is 0 Å². The number of phenols is 1. The van der Waals surface area contributed by atoms with E-state index in [1.165, 1.54) is 19.2 Å². The van der Waals surface area contributed by atoms with Crippen LogP contribution in [0.5, 0.6) is 11.5 Å². The van der Waals surface area contributed by atoms with Crippen LogP contribution in [0.25, 0.3) is 11.4 Å². The molecule has 1 amide bonds. The van der Waals surface area contributed by atoms with Crippen molar-refractivity contribution in [1.82, 2.24) is 15.3 Å². The van der Waals surface area contributed by atoms with Crippen molar-refractivity contribution in [1.29, 1.82) is 0 Å². The van der Waals surface area contributed by atoms with Crippen LogP contribution >= 0.6 is 0 Å². The lowest BCUT2D eigenvalue weighted by Crippen LogP contribution is -2.42. The average Bonchev–Trinajstić information content (AvgIpc) is 2.64. The predicted octanol–water partition coefficient (Wildman–Crippen LogP) is 3.71. The standard InChI is InChI=1S/C20H27FN4O4/c1-6-12(24-19(27)29-20(2,3)4)10-22-18-15(21)11-23-17(25-18)14-9-13(26)7-8-16(14)28-5/h7-9,11-12,26H,6,10H2,1-5H3,(H,24,27)(H,22,23,25)/t12-/m1/s1. The first kappa shape index (κ1) is 22.2. The lowest BCUT2D eigenvalue weighted by molar-refractivity contribution is 0.0506. The maximum Gasteiger partial charge on any atom is 0.407 e. The van der Waals surface area contributed by atoms with Crippen molar-refractivity contribution in [3.05, 3.63) is 30.2 Å². The largest absolute Gasteiger partial charge is 0.508 e. The van der Waals surface area contributed by atoms with Gasteiger partial charge in [0.05, 0.1) is 18.9 Å². The van der Waals surface area contributed by atoms with E-state index in [0.717, 1.165) is 6.20 Å². The number of aromatic nitrogens is 2. The minimum absolute atomic E-state index is 0.0100. The number of carbonyl (C=O) groups excluding carboxylic acids is 1. The van der Waals surface area contributed by atoms with E-state index in [-0.39, 0.29) is 30.0 Å². The van der Waals surface area contributed by atoms with Crippen LogP contribution in [0.3, 0.4) is 0 Å². The number of hydrogen-bond donors (Lipinski definition) is 3. The molecule has 0 saturated heterocycles. The Morgan fingerprint density at radius 1 is 1.34 bits per heavy atom. The van der Waals surface area contributed by atoms with E-state index < -0.39 is 17.5 Å². The van der Waals surface area contributed by atoms with Gasteiger partial charge in [0, 0.05) is 12.6 Å². The van der Waals surface area contributed by atoms with Crippen LogP contribution in [-0.2, 0) is 4.74 Å². The molecule has 0 aliphatic rings. The molecule has 2 rings (SSSR count). The molecule has 2 aromatic rings. The molecule has 0 aliphatic heterocycles. The third-order valence-corrected chi connectivity index (χ3v) is 3.90. The van der Waals surface area contributed by atoms with Crippen LogP contribution in [0.2, 0.25) is 0 Å². The molecular formula is C20H27FN4O4. The summed E-state index contributed by atoms with van der Waals surface area (Å²) in [6.45, 7) is 7.46. The van der Waals surface area contributed by atoms with Crippen molar-refractivity contribution in [2.24, 2.45) is 0 Å². The number of rotatable bonds is 7. The molecule has 0 bridgehead atoms. The highest BCUT2D eigenvalue weighted by atomic mass is 19.1. The normalized spacial score (nSPS) is 12.2. The summed E-state index contributed by atoms with van der Waals surface area (Å²) < 4.78 is 24.7. The molecule has 9 heteroatoms. The van der Waals surface area contributed by atoms with E-state index >= 15 is 0 Å². The Morgan fingerprint density at radius 3 is 2.69 bits per heavy atom. The maximum atomic E-state index is 14.2.